The highest BCUT2D eigenvalue weighted by Gasteiger charge is 2.56. The molecule has 1 fully saturated rings. The van der Waals surface area contributed by atoms with E-state index in [0.717, 1.165) is 12.1 Å². The number of benzene rings is 4. The first-order valence-corrected chi connectivity index (χ1v) is 13.4. The molecule has 1 aliphatic rings. The van der Waals surface area contributed by atoms with Crippen molar-refractivity contribution in [3.8, 4) is 22.6 Å². The lowest BCUT2D eigenvalue weighted by Gasteiger charge is -2.46. The van der Waals surface area contributed by atoms with Gasteiger partial charge in [0.25, 0.3) is 0 Å². The van der Waals surface area contributed by atoms with Gasteiger partial charge in [0.15, 0.2) is 20.9 Å². The van der Waals surface area contributed by atoms with Crippen molar-refractivity contribution in [3.63, 3.8) is 0 Å². The van der Waals surface area contributed by atoms with Crippen LogP contribution in [0.1, 0.15) is 22.0 Å². The summed E-state index contributed by atoms with van der Waals surface area (Å²) < 4.78 is 40.1. The van der Waals surface area contributed by atoms with Crippen molar-refractivity contribution in [2.24, 2.45) is 0 Å². The van der Waals surface area contributed by atoms with Gasteiger partial charge in [0, 0.05) is 16.8 Å². The Morgan fingerprint density at radius 2 is 1.53 bits per heavy atom. The summed E-state index contributed by atoms with van der Waals surface area (Å²) in [6, 6.07) is 22.9. The van der Waals surface area contributed by atoms with Crippen molar-refractivity contribution >= 4 is 27.2 Å². The topological polar surface area (TPSA) is 112 Å². The van der Waals surface area contributed by atoms with Gasteiger partial charge in [-0.1, -0.05) is 42.5 Å². The minimum atomic E-state index is -4.33. The average molecular weight is 532 g/mol. The quantitative estimate of drug-likeness (QED) is 0.265. The fourth-order valence-corrected chi connectivity index (χ4v) is 6.44. The van der Waals surface area contributed by atoms with E-state index in [2.05, 4.69) is 0 Å². The van der Waals surface area contributed by atoms with E-state index >= 15 is 0 Å². The normalized spacial score (nSPS) is 17.2. The Morgan fingerprint density at radius 1 is 0.842 bits per heavy atom. The first kappa shape index (κ1) is 25.2. The molecule has 0 saturated carbocycles. The molecule has 1 heterocycles. The monoisotopic (exact) mass is 531 g/mol. The van der Waals surface area contributed by atoms with Gasteiger partial charge in [-0.05, 0) is 65.7 Å². The third-order valence-corrected chi connectivity index (χ3v) is 8.39. The predicted molar refractivity (Wildman–Crippen MR) is 140 cm³/mol. The fourth-order valence-electron chi connectivity index (χ4n) is 4.64. The molecule has 0 aliphatic carbocycles. The van der Waals surface area contributed by atoms with E-state index in [1.54, 1.807) is 48.5 Å². The van der Waals surface area contributed by atoms with Crippen LogP contribution < -0.4 is 4.90 Å². The first-order chi connectivity index (χ1) is 18.2. The second kappa shape index (κ2) is 9.75. The van der Waals surface area contributed by atoms with Crippen molar-refractivity contribution in [1.82, 2.24) is 0 Å². The fraction of sp³-hybridized carbons (Fsp3) is 0.103. The highest BCUT2D eigenvalue weighted by atomic mass is 32.2. The minimum absolute atomic E-state index is 0.0107. The molecular weight excluding hydrogens is 509 g/mol. The summed E-state index contributed by atoms with van der Waals surface area (Å²) in [6.07, 6.45) is 0. The minimum Gasteiger partial charge on any atom is -0.508 e. The highest BCUT2D eigenvalue weighted by molar-refractivity contribution is 7.93. The van der Waals surface area contributed by atoms with Gasteiger partial charge in [-0.2, -0.15) is 0 Å². The van der Waals surface area contributed by atoms with Gasteiger partial charge in [-0.3, -0.25) is 9.59 Å². The molecule has 9 heteroatoms. The Morgan fingerprint density at radius 3 is 2.18 bits per heavy atom. The van der Waals surface area contributed by atoms with E-state index in [4.69, 9.17) is 0 Å². The highest BCUT2D eigenvalue weighted by Crippen LogP contribution is 2.46. The van der Waals surface area contributed by atoms with Crippen molar-refractivity contribution in [3.05, 3.63) is 114 Å². The van der Waals surface area contributed by atoms with Crippen molar-refractivity contribution in [2.75, 3.05) is 10.7 Å². The van der Waals surface area contributed by atoms with Crippen LogP contribution in [-0.4, -0.2) is 41.3 Å². The van der Waals surface area contributed by atoms with Crippen LogP contribution in [0.25, 0.3) is 11.1 Å². The van der Waals surface area contributed by atoms with E-state index < -0.39 is 44.4 Å². The molecular formula is C29H22FNO6S. The number of amides is 1. The third-order valence-electron chi connectivity index (χ3n) is 6.49. The summed E-state index contributed by atoms with van der Waals surface area (Å²) in [5.74, 6) is -3.20. The van der Waals surface area contributed by atoms with E-state index in [1.165, 1.54) is 41.3 Å². The molecule has 1 amide bonds. The second-order valence-corrected chi connectivity index (χ2v) is 11.1. The Kier molecular flexibility index (Phi) is 6.46. The lowest BCUT2D eigenvalue weighted by Crippen LogP contribution is -2.63. The Bertz CT molecular complexity index is 1640. The lowest BCUT2D eigenvalue weighted by molar-refractivity contribution is -0.123. The maximum atomic E-state index is 13.4. The number of rotatable bonds is 7. The number of phenolic OH excluding ortho intramolecular Hbond substituents is 2. The molecule has 2 atom stereocenters. The Hall–Kier alpha value is -4.50. The van der Waals surface area contributed by atoms with Gasteiger partial charge in [-0.15, -0.1) is 0 Å². The van der Waals surface area contributed by atoms with E-state index in [-0.39, 0.29) is 22.6 Å². The number of carbonyl (C=O) groups excluding carboxylic acids is 2. The number of hydrogen-bond acceptors (Lipinski definition) is 6. The zero-order valence-corrected chi connectivity index (χ0v) is 20.7. The summed E-state index contributed by atoms with van der Waals surface area (Å²) >= 11 is 0. The summed E-state index contributed by atoms with van der Waals surface area (Å²) in [5, 5.41) is 19.2. The third kappa shape index (κ3) is 4.64. The molecule has 7 nitrogen and oxygen atoms in total. The van der Waals surface area contributed by atoms with Crippen LogP contribution in [0.3, 0.4) is 0 Å². The molecule has 0 bridgehead atoms. The predicted octanol–water partition coefficient (Wildman–Crippen LogP) is 4.66. The smallest absolute Gasteiger partial charge is 0.248 e. The van der Waals surface area contributed by atoms with E-state index in [0.29, 0.717) is 16.8 Å². The van der Waals surface area contributed by atoms with Crippen LogP contribution >= 0.6 is 0 Å². The van der Waals surface area contributed by atoms with Crippen molar-refractivity contribution in [1.29, 1.82) is 0 Å². The average Bonchev–Trinajstić information content (AvgIpc) is 2.88. The van der Waals surface area contributed by atoms with Crippen LogP contribution in [0.2, 0.25) is 0 Å². The first-order valence-electron chi connectivity index (χ1n) is 11.7. The molecule has 2 unspecified atom stereocenters. The number of Topliss-reactive ketones (excluding diaryl/α,β-unsaturated/α-hetero) is 1. The number of nitrogens with zero attached hydrogens (tertiary/aromatic N) is 1. The molecule has 38 heavy (non-hydrogen) atoms. The number of β-lactam (4-membered cyclic amide) rings is 1. The number of carbonyl (C=O) groups is 2. The summed E-state index contributed by atoms with van der Waals surface area (Å²) in [4.78, 5) is 27.3. The van der Waals surface area contributed by atoms with Crippen LogP contribution in [0.15, 0.2) is 97.1 Å². The molecule has 0 spiro atoms. The van der Waals surface area contributed by atoms with Gasteiger partial charge in [0.2, 0.25) is 5.91 Å². The zero-order chi connectivity index (χ0) is 27.0. The SMILES string of the molecule is O=C(CS(=O)(=O)C1C(=O)N(c2ccccc2)C1c1ccc(-c2cccc(O)c2)cc1O)c1ccc(F)cc1. The Balaban J connectivity index is 1.52. The standard InChI is InChI=1S/C29H22FNO6S/c30-21-12-9-18(10-13-21)26(34)17-38(36,37)28-27(31(29(28)35)22-6-2-1-3-7-22)24-14-11-20(16-25(24)33)19-5-4-8-23(32)15-19/h1-16,27-28,32-33H,17H2. The van der Waals surface area contributed by atoms with Crippen LogP contribution in [0.4, 0.5) is 10.1 Å². The number of halogens is 1. The largest absolute Gasteiger partial charge is 0.508 e. The molecule has 4 aromatic carbocycles. The maximum Gasteiger partial charge on any atom is 0.248 e. The zero-order valence-electron chi connectivity index (χ0n) is 19.9. The second-order valence-electron chi connectivity index (χ2n) is 8.97. The van der Waals surface area contributed by atoms with Crippen LogP contribution in [0, 0.1) is 5.82 Å². The Labute approximate surface area is 218 Å². The number of phenols is 2. The van der Waals surface area contributed by atoms with Crippen LogP contribution in [-0.2, 0) is 14.6 Å². The maximum absolute atomic E-state index is 13.4. The summed E-state index contributed by atoms with van der Waals surface area (Å²) in [7, 11) is -4.33. The molecule has 1 aliphatic heterocycles. The number of anilines is 1. The molecule has 1 saturated heterocycles. The van der Waals surface area contributed by atoms with Crippen molar-refractivity contribution < 1.29 is 32.6 Å². The molecule has 4 aromatic rings. The van der Waals surface area contributed by atoms with Gasteiger partial charge in [-0.25, -0.2) is 12.8 Å². The number of ketones is 1. The van der Waals surface area contributed by atoms with Crippen LogP contribution in [0.5, 0.6) is 11.5 Å². The van der Waals surface area contributed by atoms with Gasteiger partial charge < -0.3 is 15.1 Å². The molecule has 192 valence electrons. The summed E-state index contributed by atoms with van der Waals surface area (Å²) in [5.41, 5.74) is 1.85. The molecule has 2 N–H and O–H groups in total. The van der Waals surface area contributed by atoms with Gasteiger partial charge in [0.1, 0.15) is 23.1 Å². The number of sulfone groups is 1. The van der Waals surface area contributed by atoms with Gasteiger partial charge in [0.05, 0.1) is 6.04 Å². The summed E-state index contributed by atoms with van der Waals surface area (Å²) in [6.45, 7) is 0. The van der Waals surface area contributed by atoms with E-state index in [9.17, 15) is 32.6 Å². The van der Waals surface area contributed by atoms with Gasteiger partial charge >= 0.3 is 0 Å². The number of hydrogen-bond donors (Lipinski definition) is 2. The molecule has 0 radical (unpaired) electrons. The molecule has 0 aromatic heterocycles. The van der Waals surface area contributed by atoms with Crippen molar-refractivity contribution in [2.45, 2.75) is 11.3 Å². The number of para-hydroxylation sites is 1. The van der Waals surface area contributed by atoms with E-state index in [1.807, 2.05) is 0 Å². The lowest BCUT2D eigenvalue weighted by atomic mass is 9.90. The number of aromatic hydroxyl groups is 2. The molecule has 5 rings (SSSR count).